The molecule has 3 aromatic rings. The fraction of sp³-hybridized carbons (Fsp3) is 0.400. The molecule has 1 aliphatic heterocycles. The maximum atomic E-state index is 8.95. The first-order chi connectivity index (χ1) is 13.3. The molecule has 7 nitrogen and oxygen atoms in total. The standard InChI is InChI=1S/C20H20N6O/c21-7-3-13-1-2-15-14(9-13)19(26-25-15)16-10-23-12-18(24-16)27-17-11-22-8-6-20(17)4-5-20/h1-2,9-10,12,17,22H,3-6,8,11H2,(H,25,26). The Bertz CT molecular complexity index is 1030. The number of nitriles is 1. The van der Waals surface area contributed by atoms with E-state index in [2.05, 4.69) is 31.6 Å². The van der Waals surface area contributed by atoms with Crippen molar-refractivity contribution in [2.75, 3.05) is 13.1 Å². The molecule has 5 rings (SSSR count). The summed E-state index contributed by atoms with van der Waals surface area (Å²) < 4.78 is 6.23. The van der Waals surface area contributed by atoms with Gasteiger partial charge >= 0.3 is 0 Å². The summed E-state index contributed by atoms with van der Waals surface area (Å²) in [7, 11) is 0. The smallest absolute Gasteiger partial charge is 0.233 e. The van der Waals surface area contributed by atoms with Gasteiger partial charge in [-0.25, -0.2) is 4.98 Å². The molecule has 7 heteroatoms. The van der Waals surface area contributed by atoms with Gasteiger partial charge in [0.15, 0.2) is 0 Å². The summed E-state index contributed by atoms with van der Waals surface area (Å²) in [5, 5.41) is 20.8. The number of H-pyrrole nitrogens is 1. The van der Waals surface area contributed by atoms with Gasteiger partial charge in [0.2, 0.25) is 5.88 Å². The largest absolute Gasteiger partial charge is 0.471 e. The van der Waals surface area contributed by atoms with Crippen molar-refractivity contribution in [3.63, 3.8) is 0 Å². The number of aromatic amines is 1. The second-order valence-electron chi connectivity index (χ2n) is 7.45. The van der Waals surface area contributed by atoms with Crippen molar-refractivity contribution in [3.8, 4) is 23.3 Å². The average molecular weight is 360 g/mol. The van der Waals surface area contributed by atoms with Crippen molar-refractivity contribution in [1.29, 1.82) is 5.26 Å². The zero-order chi connectivity index (χ0) is 18.3. The third-order valence-electron chi connectivity index (χ3n) is 5.73. The van der Waals surface area contributed by atoms with E-state index in [-0.39, 0.29) is 6.10 Å². The lowest BCUT2D eigenvalue weighted by Crippen LogP contribution is -2.45. The highest BCUT2D eigenvalue weighted by Gasteiger charge is 2.52. The number of benzene rings is 1. The Morgan fingerprint density at radius 2 is 2.19 bits per heavy atom. The molecule has 1 unspecified atom stereocenters. The third-order valence-corrected chi connectivity index (χ3v) is 5.73. The first-order valence-electron chi connectivity index (χ1n) is 9.31. The molecule has 1 aliphatic carbocycles. The van der Waals surface area contributed by atoms with Crippen LogP contribution in [-0.2, 0) is 6.42 Å². The Balaban J connectivity index is 1.46. The first kappa shape index (κ1) is 16.2. The highest BCUT2D eigenvalue weighted by molar-refractivity contribution is 5.92. The van der Waals surface area contributed by atoms with Crippen LogP contribution in [0, 0.1) is 16.7 Å². The second-order valence-corrected chi connectivity index (χ2v) is 7.45. The molecule has 2 aromatic heterocycles. The van der Waals surface area contributed by atoms with E-state index in [4.69, 9.17) is 10.00 Å². The lowest BCUT2D eigenvalue weighted by molar-refractivity contribution is 0.0844. The Morgan fingerprint density at radius 1 is 1.26 bits per heavy atom. The van der Waals surface area contributed by atoms with Crippen molar-refractivity contribution in [3.05, 3.63) is 36.2 Å². The number of hydrogen-bond acceptors (Lipinski definition) is 6. The second kappa shape index (κ2) is 6.32. The van der Waals surface area contributed by atoms with Gasteiger partial charge in [0.25, 0.3) is 0 Å². The van der Waals surface area contributed by atoms with Gasteiger partial charge in [0.05, 0.1) is 30.4 Å². The van der Waals surface area contributed by atoms with Crippen LogP contribution in [0.1, 0.15) is 24.8 Å². The van der Waals surface area contributed by atoms with Crippen LogP contribution in [0.3, 0.4) is 0 Å². The highest BCUT2D eigenvalue weighted by atomic mass is 16.5. The zero-order valence-corrected chi connectivity index (χ0v) is 14.9. The zero-order valence-electron chi connectivity index (χ0n) is 14.9. The topological polar surface area (TPSA) is 99.5 Å². The molecule has 136 valence electrons. The lowest BCUT2D eigenvalue weighted by Gasteiger charge is -2.32. The molecule has 2 N–H and O–H groups in total. The maximum Gasteiger partial charge on any atom is 0.233 e. The van der Waals surface area contributed by atoms with E-state index in [1.807, 2.05) is 18.2 Å². The van der Waals surface area contributed by atoms with E-state index in [1.165, 1.54) is 12.8 Å². The fourth-order valence-corrected chi connectivity index (χ4v) is 3.97. The van der Waals surface area contributed by atoms with Crippen LogP contribution < -0.4 is 10.1 Å². The van der Waals surface area contributed by atoms with Crippen molar-refractivity contribution in [2.45, 2.75) is 31.8 Å². The number of ether oxygens (including phenoxy) is 1. The van der Waals surface area contributed by atoms with Crippen molar-refractivity contribution in [2.24, 2.45) is 5.41 Å². The Morgan fingerprint density at radius 3 is 3.04 bits per heavy atom. The third kappa shape index (κ3) is 2.92. The van der Waals surface area contributed by atoms with Crippen LogP contribution in [0.15, 0.2) is 30.6 Å². The summed E-state index contributed by atoms with van der Waals surface area (Å²) in [4.78, 5) is 8.99. The van der Waals surface area contributed by atoms with Crippen LogP contribution in [0.25, 0.3) is 22.3 Å². The highest BCUT2D eigenvalue weighted by Crippen LogP contribution is 2.53. The molecule has 0 radical (unpaired) electrons. The molecule has 1 saturated carbocycles. The van der Waals surface area contributed by atoms with Gasteiger partial charge in [-0.1, -0.05) is 6.07 Å². The van der Waals surface area contributed by atoms with E-state index in [9.17, 15) is 0 Å². The predicted octanol–water partition coefficient (Wildman–Crippen LogP) is 2.61. The van der Waals surface area contributed by atoms with Crippen molar-refractivity contribution < 1.29 is 4.74 Å². The first-order valence-corrected chi connectivity index (χ1v) is 9.31. The van der Waals surface area contributed by atoms with Gasteiger partial charge in [-0.05, 0) is 43.5 Å². The molecule has 0 amide bonds. The number of rotatable bonds is 4. The number of nitrogens with zero attached hydrogens (tertiary/aromatic N) is 4. The van der Waals surface area contributed by atoms with Gasteiger partial charge < -0.3 is 10.1 Å². The van der Waals surface area contributed by atoms with Gasteiger partial charge in [-0.3, -0.25) is 10.1 Å². The molecular weight excluding hydrogens is 340 g/mol. The minimum absolute atomic E-state index is 0.147. The van der Waals surface area contributed by atoms with E-state index in [0.29, 0.717) is 23.4 Å². The summed E-state index contributed by atoms with van der Waals surface area (Å²) in [5.41, 5.74) is 3.59. The number of fused-ring (bicyclic) bond motifs is 1. The molecule has 2 fully saturated rings. The number of hydrogen-bond donors (Lipinski definition) is 2. The summed E-state index contributed by atoms with van der Waals surface area (Å²) in [6, 6.07) is 8.04. The van der Waals surface area contributed by atoms with E-state index in [1.54, 1.807) is 12.4 Å². The normalized spacial score (nSPS) is 20.5. The van der Waals surface area contributed by atoms with Crippen molar-refractivity contribution >= 4 is 10.9 Å². The minimum atomic E-state index is 0.147. The van der Waals surface area contributed by atoms with Crippen LogP contribution in [0.4, 0.5) is 0 Å². The molecule has 1 saturated heterocycles. The van der Waals surface area contributed by atoms with Crippen LogP contribution in [-0.4, -0.2) is 39.4 Å². The van der Waals surface area contributed by atoms with Gasteiger partial charge in [-0.2, -0.15) is 10.4 Å². The summed E-state index contributed by atoms with van der Waals surface area (Å²) in [6.45, 7) is 1.92. The molecule has 1 aromatic carbocycles. The molecular formula is C20H20N6O. The molecule has 27 heavy (non-hydrogen) atoms. The Hall–Kier alpha value is -2.98. The van der Waals surface area contributed by atoms with Gasteiger partial charge in [0.1, 0.15) is 17.5 Å². The van der Waals surface area contributed by atoms with Gasteiger partial charge in [0, 0.05) is 17.3 Å². The van der Waals surface area contributed by atoms with Crippen LogP contribution >= 0.6 is 0 Å². The lowest BCUT2D eigenvalue weighted by atomic mass is 9.92. The molecule has 1 atom stereocenters. The summed E-state index contributed by atoms with van der Waals surface area (Å²) in [6.07, 6.45) is 7.52. The SMILES string of the molecule is N#CCc1ccc2[nH]nc(-c3cncc(OC4CNCCC45CC5)n3)c2c1. The average Bonchev–Trinajstić information content (AvgIpc) is 3.33. The molecule has 0 bridgehead atoms. The van der Waals surface area contributed by atoms with Crippen molar-refractivity contribution in [1.82, 2.24) is 25.5 Å². The number of piperidine rings is 1. The summed E-state index contributed by atoms with van der Waals surface area (Å²) >= 11 is 0. The van der Waals surface area contributed by atoms with Crippen LogP contribution in [0.5, 0.6) is 5.88 Å². The van der Waals surface area contributed by atoms with E-state index < -0.39 is 0 Å². The van der Waals surface area contributed by atoms with Crippen LogP contribution in [0.2, 0.25) is 0 Å². The Kier molecular flexibility index (Phi) is 3.80. The predicted molar refractivity (Wildman–Crippen MR) is 100 cm³/mol. The van der Waals surface area contributed by atoms with Gasteiger partial charge in [-0.15, -0.1) is 0 Å². The van der Waals surface area contributed by atoms with E-state index >= 15 is 0 Å². The molecule has 1 spiro atoms. The fourth-order valence-electron chi connectivity index (χ4n) is 3.97. The monoisotopic (exact) mass is 360 g/mol. The number of nitrogens with one attached hydrogen (secondary N) is 2. The maximum absolute atomic E-state index is 8.95. The van der Waals surface area contributed by atoms with E-state index in [0.717, 1.165) is 41.7 Å². The summed E-state index contributed by atoms with van der Waals surface area (Å²) in [5.74, 6) is 0.539. The quantitative estimate of drug-likeness (QED) is 0.742. The number of aromatic nitrogens is 4. The minimum Gasteiger partial charge on any atom is -0.471 e. The molecule has 2 aliphatic rings. The molecule has 3 heterocycles. The Labute approximate surface area is 156 Å².